The number of nitrogens with one attached hydrogen (secondary N) is 3. The van der Waals surface area contributed by atoms with Crippen LogP contribution in [0.5, 0.6) is 0 Å². The van der Waals surface area contributed by atoms with Gasteiger partial charge in [-0.3, -0.25) is 19.2 Å². The monoisotopic (exact) mass is 750 g/mol. The minimum Gasteiger partial charge on any atom is -0.371 e. The van der Waals surface area contributed by atoms with Crippen LogP contribution < -0.4 is 16.0 Å². The fourth-order valence-corrected chi connectivity index (χ4v) is 10.7. The molecule has 1 heterocycles. The van der Waals surface area contributed by atoms with E-state index >= 15 is 0 Å². The average Bonchev–Trinajstić information content (AvgIpc) is 3.46. The summed E-state index contributed by atoms with van der Waals surface area (Å²) in [5.41, 5.74) is -1.47. The molecule has 1 saturated heterocycles. The fourth-order valence-electron chi connectivity index (χ4n) is 8.57. The van der Waals surface area contributed by atoms with Crippen LogP contribution in [0.25, 0.3) is 0 Å². The molecule has 0 aromatic carbocycles. The molecule has 3 aliphatic carbocycles. The molecule has 4 amide bonds. The lowest BCUT2D eigenvalue weighted by atomic mass is 9.80. The molecule has 4 rings (SSSR count). The van der Waals surface area contributed by atoms with E-state index in [4.69, 9.17) is 4.74 Å². The van der Waals surface area contributed by atoms with Gasteiger partial charge < -0.3 is 25.6 Å². The maximum Gasteiger partial charge on any atom is 0.315 e. The summed E-state index contributed by atoms with van der Waals surface area (Å²) in [5.74, 6) is -1.90. The molecule has 0 spiro atoms. The highest BCUT2D eigenvalue weighted by Crippen LogP contribution is 2.34. The van der Waals surface area contributed by atoms with E-state index in [1.807, 2.05) is 34.6 Å². The van der Waals surface area contributed by atoms with Crippen molar-refractivity contribution < 1.29 is 37.1 Å². The van der Waals surface area contributed by atoms with Gasteiger partial charge in [0.25, 0.3) is 0 Å². The normalized spacial score (nSPS) is 24.1. The molecule has 0 radical (unpaired) electrons. The molecule has 4 atom stereocenters. The number of sulfone groups is 1. The topological polar surface area (TPSA) is 168 Å². The van der Waals surface area contributed by atoms with Gasteiger partial charge in [-0.15, -0.1) is 0 Å². The number of ketones is 2. The van der Waals surface area contributed by atoms with Crippen molar-refractivity contribution >= 4 is 39.2 Å². The SMILES string of the molecule is CC(=O)C(=O)C(CC1CCC1)NC(=O)[C@@H]1C[C@@H](OC(C)(C)C)CN1C(=O)[C@@H](NC(=O)NC1(CS(=O)(=O)CCC(C)C)CCCCC1)C1CCCCC1. The van der Waals surface area contributed by atoms with E-state index in [-0.39, 0.29) is 42.2 Å². The van der Waals surface area contributed by atoms with Gasteiger partial charge >= 0.3 is 6.03 Å². The Morgan fingerprint density at radius 1 is 0.885 bits per heavy atom. The van der Waals surface area contributed by atoms with Gasteiger partial charge in [-0.25, -0.2) is 13.2 Å². The lowest BCUT2D eigenvalue weighted by Crippen LogP contribution is -2.62. The van der Waals surface area contributed by atoms with Gasteiger partial charge in [0, 0.05) is 19.9 Å². The van der Waals surface area contributed by atoms with Crippen LogP contribution in [0.3, 0.4) is 0 Å². The molecule has 0 aromatic heterocycles. The summed E-state index contributed by atoms with van der Waals surface area (Å²) in [7, 11) is -3.45. The Morgan fingerprint density at radius 2 is 1.52 bits per heavy atom. The van der Waals surface area contributed by atoms with E-state index in [1.165, 1.54) is 11.8 Å². The molecule has 4 aliphatic rings. The van der Waals surface area contributed by atoms with Crippen molar-refractivity contribution in [2.45, 2.75) is 180 Å². The Labute approximate surface area is 312 Å². The van der Waals surface area contributed by atoms with Crippen LogP contribution in [0.2, 0.25) is 0 Å². The van der Waals surface area contributed by atoms with Gasteiger partial charge in [-0.2, -0.15) is 0 Å². The first-order chi connectivity index (χ1) is 24.4. The molecule has 52 heavy (non-hydrogen) atoms. The number of ether oxygens (including phenoxy) is 1. The third-order valence-corrected chi connectivity index (χ3v) is 13.4. The van der Waals surface area contributed by atoms with Gasteiger partial charge in [0.1, 0.15) is 12.1 Å². The van der Waals surface area contributed by atoms with Crippen LogP contribution in [-0.4, -0.2) is 96.1 Å². The molecular formula is C39H66N4O8S. The van der Waals surface area contributed by atoms with Gasteiger partial charge in [-0.1, -0.05) is 71.6 Å². The first-order valence-corrected chi connectivity index (χ1v) is 21.8. The largest absolute Gasteiger partial charge is 0.371 e. The summed E-state index contributed by atoms with van der Waals surface area (Å²) >= 11 is 0. The number of nitrogens with zero attached hydrogens (tertiary/aromatic N) is 1. The third kappa shape index (κ3) is 12.2. The molecule has 3 N–H and O–H groups in total. The Morgan fingerprint density at radius 3 is 2.08 bits per heavy atom. The lowest BCUT2D eigenvalue weighted by molar-refractivity contribution is -0.143. The minimum absolute atomic E-state index is 0.0641. The van der Waals surface area contributed by atoms with Crippen molar-refractivity contribution in [2.75, 3.05) is 18.1 Å². The lowest BCUT2D eigenvalue weighted by Gasteiger charge is -2.39. The van der Waals surface area contributed by atoms with E-state index in [9.17, 15) is 32.4 Å². The van der Waals surface area contributed by atoms with E-state index in [1.54, 1.807) is 0 Å². The van der Waals surface area contributed by atoms with Crippen LogP contribution in [0, 0.1) is 17.8 Å². The van der Waals surface area contributed by atoms with Crippen LogP contribution in [0.1, 0.15) is 144 Å². The number of carbonyl (C=O) groups excluding carboxylic acids is 5. The molecule has 0 bridgehead atoms. The maximum absolute atomic E-state index is 14.7. The summed E-state index contributed by atoms with van der Waals surface area (Å²) in [6.07, 6.45) is 11.6. The predicted molar refractivity (Wildman–Crippen MR) is 200 cm³/mol. The van der Waals surface area contributed by atoms with Crippen LogP contribution >= 0.6 is 0 Å². The number of Topliss-reactive ketones (excluding diaryl/α,β-unsaturated/α-hetero) is 2. The second kappa shape index (κ2) is 18.2. The van der Waals surface area contributed by atoms with E-state index in [0.717, 1.165) is 70.6 Å². The van der Waals surface area contributed by atoms with Gasteiger partial charge in [-0.05, 0) is 77.0 Å². The van der Waals surface area contributed by atoms with Crippen LogP contribution in [0.15, 0.2) is 0 Å². The Balaban J connectivity index is 1.58. The number of hydrogen-bond donors (Lipinski definition) is 3. The third-order valence-electron chi connectivity index (χ3n) is 11.5. The van der Waals surface area contributed by atoms with E-state index in [2.05, 4.69) is 16.0 Å². The standard InChI is InChI=1S/C39H66N4O8S/c1-26(2)18-21-52(49,50)25-39(19-11-8-12-20-39)42-37(48)41-33(29-16-9-7-10-17-29)36(47)43-24-30(51-38(4,5)6)23-32(43)35(46)40-31(34(45)27(3)44)22-28-14-13-15-28/h26,28-33H,7-25H2,1-6H3,(H,40,46)(H2,41,42,48)/t30-,31?,32+,33+/m1/s1. The zero-order chi connectivity index (χ0) is 38.3. The van der Waals surface area contributed by atoms with Crippen molar-refractivity contribution in [3.63, 3.8) is 0 Å². The Hall–Kier alpha value is -2.54. The van der Waals surface area contributed by atoms with Crippen LogP contribution in [0.4, 0.5) is 4.79 Å². The molecule has 4 fully saturated rings. The summed E-state index contributed by atoms with van der Waals surface area (Å²) in [6, 6.07) is -3.43. The van der Waals surface area contributed by atoms with Crippen LogP contribution in [-0.2, 0) is 33.8 Å². The molecule has 0 aromatic rings. The molecular weight excluding hydrogens is 685 g/mol. The highest BCUT2D eigenvalue weighted by atomic mass is 32.2. The minimum atomic E-state index is -3.45. The molecule has 13 heteroatoms. The number of urea groups is 1. The number of carbonyl (C=O) groups is 5. The summed E-state index contributed by atoms with van der Waals surface area (Å²) < 4.78 is 32.9. The van der Waals surface area contributed by atoms with E-state index in [0.29, 0.717) is 25.7 Å². The quantitative estimate of drug-likeness (QED) is 0.185. The highest BCUT2D eigenvalue weighted by molar-refractivity contribution is 7.91. The van der Waals surface area contributed by atoms with Gasteiger partial charge in [0.2, 0.25) is 17.6 Å². The first-order valence-electron chi connectivity index (χ1n) is 20.0. The molecule has 1 unspecified atom stereocenters. The number of hydrogen-bond acceptors (Lipinski definition) is 8. The van der Waals surface area contributed by atoms with E-state index < -0.39 is 74.6 Å². The average molecular weight is 751 g/mol. The van der Waals surface area contributed by atoms with Crippen molar-refractivity contribution in [1.29, 1.82) is 0 Å². The van der Waals surface area contributed by atoms with Gasteiger partial charge in [0.15, 0.2) is 15.6 Å². The fraction of sp³-hybridized carbons (Fsp3) is 0.872. The zero-order valence-corrected chi connectivity index (χ0v) is 33.4. The molecule has 12 nitrogen and oxygen atoms in total. The second-order valence-electron chi connectivity index (χ2n) is 17.7. The summed E-state index contributed by atoms with van der Waals surface area (Å²) in [4.78, 5) is 69.4. The van der Waals surface area contributed by atoms with Crippen molar-refractivity contribution in [1.82, 2.24) is 20.9 Å². The first kappa shape index (κ1) is 42.2. The van der Waals surface area contributed by atoms with Gasteiger partial charge in [0.05, 0.1) is 34.8 Å². The number of amides is 4. The Kier molecular flexibility index (Phi) is 14.8. The summed E-state index contributed by atoms with van der Waals surface area (Å²) in [5, 5.41) is 8.92. The summed E-state index contributed by atoms with van der Waals surface area (Å²) in [6.45, 7) is 11.1. The van der Waals surface area contributed by atoms with Crippen molar-refractivity contribution in [3.05, 3.63) is 0 Å². The number of likely N-dealkylation sites (tertiary alicyclic amines) is 1. The Bertz CT molecular complexity index is 1380. The molecule has 296 valence electrons. The maximum atomic E-state index is 14.7. The molecule has 3 saturated carbocycles. The second-order valence-corrected chi connectivity index (χ2v) is 19.9. The zero-order valence-electron chi connectivity index (χ0n) is 32.6. The highest BCUT2D eigenvalue weighted by Gasteiger charge is 2.47. The predicted octanol–water partition coefficient (Wildman–Crippen LogP) is 5.02. The smallest absolute Gasteiger partial charge is 0.315 e. The number of rotatable bonds is 16. The molecule has 1 aliphatic heterocycles. The van der Waals surface area contributed by atoms with Crippen molar-refractivity contribution in [3.8, 4) is 0 Å². The van der Waals surface area contributed by atoms with Crippen molar-refractivity contribution in [2.24, 2.45) is 17.8 Å².